The Morgan fingerprint density at radius 1 is 1.46 bits per heavy atom. The van der Waals surface area contributed by atoms with E-state index < -0.39 is 11.4 Å². The molecule has 1 saturated carbocycles. The van der Waals surface area contributed by atoms with E-state index in [9.17, 15) is 9.59 Å². The molecule has 13 heavy (non-hydrogen) atoms. The predicted molar refractivity (Wildman–Crippen MR) is 44.7 cm³/mol. The van der Waals surface area contributed by atoms with Crippen LogP contribution < -0.4 is 5.56 Å². The van der Waals surface area contributed by atoms with E-state index in [1.54, 1.807) is 6.92 Å². The maximum Gasteiger partial charge on any atom is 0.315 e. The summed E-state index contributed by atoms with van der Waals surface area (Å²) in [5, 5.41) is 14.0. The molecule has 1 aromatic rings. The van der Waals surface area contributed by atoms with Crippen molar-refractivity contribution in [3.63, 3.8) is 0 Å². The number of carboxylic acid groups (broad SMARTS) is 1. The Kier molecular flexibility index (Phi) is 1.40. The van der Waals surface area contributed by atoms with E-state index in [2.05, 4.69) is 10.2 Å². The summed E-state index contributed by atoms with van der Waals surface area (Å²) < 4.78 is 0. The number of aliphatic carboxylic acids is 1. The van der Waals surface area contributed by atoms with Crippen molar-refractivity contribution in [2.45, 2.75) is 25.2 Å². The van der Waals surface area contributed by atoms with Crippen molar-refractivity contribution in [3.8, 4) is 0 Å². The van der Waals surface area contributed by atoms with Crippen LogP contribution in [0.25, 0.3) is 0 Å². The number of aromatic amines is 2. The van der Waals surface area contributed by atoms with E-state index in [4.69, 9.17) is 5.11 Å². The van der Waals surface area contributed by atoms with Crippen LogP contribution in [0.1, 0.15) is 24.1 Å². The predicted octanol–water partition coefficient (Wildman–Crippen LogP) is 0.128. The highest BCUT2D eigenvalue weighted by Crippen LogP contribution is 2.48. The molecule has 3 N–H and O–H groups in total. The van der Waals surface area contributed by atoms with E-state index in [1.807, 2.05) is 0 Å². The van der Waals surface area contributed by atoms with E-state index >= 15 is 0 Å². The summed E-state index contributed by atoms with van der Waals surface area (Å²) in [5.41, 5.74) is -0.0316. The second kappa shape index (κ2) is 2.25. The largest absolute Gasteiger partial charge is 0.481 e. The third-order valence-electron chi connectivity index (χ3n) is 2.65. The van der Waals surface area contributed by atoms with Crippen LogP contribution in [0.2, 0.25) is 0 Å². The molecule has 1 heterocycles. The average molecular weight is 182 g/mol. The molecule has 1 aliphatic carbocycles. The summed E-state index contributed by atoms with van der Waals surface area (Å²) in [6.45, 7) is 1.63. The Bertz CT molecular complexity index is 411. The van der Waals surface area contributed by atoms with Crippen molar-refractivity contribution in [3.05, 3.63) is 21.6 Å². The average Bonchev–Trinajstić information content (AvgIpc) is 2.80. The van der Waals surface area contributed by atoms with Gasteiger partial charge in [-0.25, -0.2) is 0 Å². The van der Waals surface area contributed by atoms with Gasteiger partial charge in [-0.2, -0.15) is 0 Å². The monoisotopic (exact) mass is 182 g/mol. The van der Waals surface area contributed by atoms with Gasteiger partial charge >= 0.3 is 5.97 Å². The van der Waals surface area contributed by atoms with Gasteiger partial charge in [0.15, 0.2) is 0 Å². The molecule has 0 bridgehead atoms. The van der Waals surface area contributed by atoms with Gasteiger partial charge in [0.25, 0.3) is 5.56 Å². The molecule has 0 atom stereocenters. The fourth-order valence-corrected chi connectivity index (χ4v) is 1.59. The summed E-state index contributed by atoms with van der Waals surface area (Å²) in [5.74, 6) is -0.856. The lowest BCUT2D eigenvalue weighted by molar-refractivity contribution is -0.140. The highest BCUT2D eigenvalue weighted by molar-refractivity contribution is 5.84. The molecule has 70 valence electrons. The zero-order valence-corrected chi connectivity index (χ0v) is 7.18. The molecule has 5 heteroatoms. The molecule has 0 aliphatic heterocycles. The van der Waals surface area contributed by atoms with Crippen molar-refractivity contribution in [2.75, 3.05) is 0 Å². The molecule has 0 saturated heterocycles. The molecule has 0 unspecified atom stereocenters. The number of carbonyl (C=O) groups is 1. The van der Waals surface area contributed by atoms with E-state index in [0.29, 0.717) is 24.1 Å². The summed E-state index contributed by atoms with van der Waals surface area (Å²) in [6, 6.07) is 0. The summed E-state index contributed by atoms with van der Waals surface area (Å²) in [6.07, 6.45) is 1.22. The molecule has 0 radical (unpaired) electrons. The number of H-pyrrole nitrogens is 2. The quantitative estimate of drug-likeness (QED) is 0.607. The Morgan fingerprint density at radius 2 is 2.08 bits per heavy atom. The van der Waals surface area contributed by atoms with E-state index in [0.717, 1.165) is 0 Å². The van der Waals surface area contributed by atoms with Crippen LogP contribution >= 0.6 is 0 Å². The molecule has 0 aromatic carbocycles. The smallest absolute Gasteiger partial charge is 0.315 e. The maximum atomic E-state index is 11.1. The lowest BCUT2D eigenvalue weighted by Gasteiger charge is -2.06. The van der Waals surface area contributed by atoms with Gasteiger partial charge < -0.3 is 10.2 Å². The van der Waals surface area contributed by atoms with Crippen molar-refractivity contribution < 1.29 is 9.90 Å². The van der Waals surface area contributed by atoms with Gasteiger partial charge in [-0.15, -0.1) is 0 Å². The molecular weight excluding hydrogens is 172 g/mol. The van der Waals surface area contributed by atoms with Gasteiger partial charge in [0.1, 0.15) is 5.41 Å². The van der Waals surface area contributed by atoms with Crippen LogP contribution in [-0.4, -0.2) is 21.3 Å². The zero-order valence-electron chi connectivity index (χ0n) is 7.18. The Morgan fingerprint density at radius 3 is 2.38 bits per heavy atom. The van der Waals surface area contributed by atoms with Crippen molar-refractivity contribution in [1.29, 1.82) is 0 Å². The molecule has 1 aromatic heterocycles. The van der Waals surface area contributed by atoms with Crippen LogP contribution in [0.3, 0.4) is 0 Å². The topological polar surface area (TPSA) is 85.9 Å². The number of aromatic nitrogens is 2. The van der Waals surface area contributed by atoms with Gasteiger partial charge in [0.05, 0.1) is 5.69 Å². The third-order valence-corrected chi connectivity index (χ3v) is 2.65. The van der Waals surface area contributed by atoms with Gasteiger partial charge in [0, 0.05) is 5.56 Å². The molecule has 0 amide bonds. The van der Waals surface area contributed by atoms with Gasteiger partial charge in [0.2, 0.25) is 0 Å². The highest BCUT2D eigenvalue weighted by Gasteiger charge is 2.54. The number of hydrogen-bond acceptors (Lipinski definition) is 2. The standard InChI is InChI=1S/C8H10N2O3/c1-4-5(9-10-6(4)11)8(2-3-8)7(12)13/h2-3H2,1H3,(H,12,13)(H2,9,10,11). The number of carboxylic acids is 1. The Labute approximate surface area is 73.8 Å². The van der Waals surface area contributed by atoms with Gasteiger partial charge in [-0.05, 0) is 19.8 Å². The maximum absolute atomic E-state index is 11.1. The summed E-state index contributed by atoms with van der Waals surface area (Å²) >= 11 is 0. The highest BCUT2D eigenvalue weighted by atomic mass is 16.4. The van der Waals surface area contributed by atoms with Crippen LogP contribution in [-0.2, 0) is 10.2 Å². The van der Waals surface area contributed by atoms with E-state index in [1.165, 1.54) is 0 Å². The fourth-order valence-electron chi connectivity index (χ4n) is 1.59. The first-order valence-corrected chi connectivity index (χ1v) is 4.09. The normalized spacial score (nSPS) is 18.5. The van der Waals surface area contributed by atoms with Crippen LogP contribution in [0.15, 0.2) is 4.79 Å². The number of rotatable bonds is 2. The molecule has 1 aliphatic rings. The van der Waals surface area contributed by atoms with Gasteiger partial charge in [-0.3, -0.25) is 14.7 Å². The lowest BCUT2D eigenvalue weighted by Crippen LogP contribution is -2.21. The number of nitrogens with one attached hydrogen (secondary N) is 2. The third kappa shape index (κ3) is 0.929. The molecular formula is C8H10N2O3. The minimum Gasteiger partial charge on any atom is -0.481 e. The van der Waals surface area contributed by atoms with Crippen molar-refractivity contribution in [2.24, 2.45) is 0 Å². The zero-order chi connectivity index (χ0) is 9.64. The summed E-state index contributed by atoms with van der Waals surface area (Å²) in [7, 11) is 0. The molecule has 1 fully saturated rings. The molecule has 5 nitrogen and oxygen atoms in total. The Balaban J connectivity index is 2.53. The first kappa shape index (κ1) is 8.10. The molecule has 2 rings (SSSR count). The van der Waals surface area contributed by atoms with Crippen molar-refractivity contribution >= 4 is 5.97 Å². The van der Waals surface area contributed by atoms with Crippen molar-refractivity contribution in [1.82, 2.24) is 10.2 Å². The molecule has 0 spiro atoms. The second-order valence-electron chi connectivity index (χ2n) is 3.47. The van der Waals surface area contributed by atoms with E-state index in [-0.39, 0.29) is 5.56 Å². The van der Waals surface area contributed by atoms with Crippen LogP contribution in [0.5, 0.6) is 0 Å². The second-order valence-corrected chi connectivity index (χ2v) is 3.47. The fraction of sp³-hybridized carbons (Fsp3) is 0.500. The first-order valence-electron chi connectivity index (χ1n) is 4.09. The summed E-state index contributed by atoms with van der Waals surface area (Å²) in [4.78, 5) is 22.0. The SMILES string of the molecule is Cc1c(C2(C(=O)O)CC2)[nH][nH]c1=O. The first-order chi connectivity index (χ1) is 6.08. The lowest BCUT2D eigenvalue weighted by atomic mass is 10.00. The number of hydrogen-bond donors (Lipinski definition) is 3. The van der Waals surface area contributed by atoms with Crippen LogP contribution in [0, 0.1) is 6.92 Å². The minimum atomic E-state index is -0.856. The van der Waals surface area contributed by atoms with Crippen LogP contribution in [0.4, 0.5) is 0 Å². The minimum absolute atomic E-state index is 0.234. The Hall–Kier alpha value is -1.52. The van der Waals surface area contributed by atoms with Gasteiger partial charge in [-0.1, -0.05) is 0 Å².